The zero-order valence-electron chi connectivity index (χ0n) is 12.2. The van der Waals surface area contributed by atoms with E-state index in [1.54, 1.807) is 63.1 Å². The molecule has 0 aromatic carbocycles. The fraction of sp³-hybridized carbons (Fsp3) is 0.133. The standard InChI is InChI=1S/C15H14N6O/c1-20(2)15(22)21-14(12-5-9-17-10-6-12)18-13(19-21)11-3-7-16-8-4-11/h3-10H,1-2H3. The molecule has 0 atom stereocenters. The lowest BCUT2D eigenvalue weighted by Crippen LogP contribution is -2.28. The molecule has 0 fully saturated rings. The summed E-state index contributed by atoms with van der Waals surface area (Å²) in [5, 5.41) is 4.34. The molecular weight excluding hydrogens is 280 g/mol. The second-order valence-electron chi connectivity index (χ2n) is 4.82. The number of hydrogen-bond acceptors (Lipinski definition) is 5. The fourth-order valence-corrected chi connectivity index (χ4v) is 1.95. The lowest BCUT2D eigenvalue weighted by Gasteiger charge is -2.11. The Hall–Kier alpha value is -3.09. The molecule has 1 amide bonds. The van der Waals surface area contributed by atoms with Crippen LogP contribution >= 0.6 is 0 Å². The first-order chi connectivity index (χ1) is 10.7. The van der Waals surface area contributed by atoms with E-state index >= 15 is 0 Å². The molecule has 0 aliphatic heterocycles. The quantitative estimate of drug-likeness (QED) is 0.721. The Labute approximate surface area is 127 Å². The molecule has 3 aromatic rings. The minimum absolute atomic E-state index is 0.264. The molecule has 110 valence electrons. The first-order valence-corrected chi connectivity index (χ1v) is 6.66. The molecule has 3 aromatic heterocycles. The summed E-state index contributed by atoms with van der Waals surface area (Å²) in [5.41, 5.74) is 1.58. The molecule has 0 unspecified atom stereocenters. The Bertz CT molecular complexity index is 782. The highest BCUT2D eigenvalue weighted by atomic mass is 16.2. The molecule has 7 heteroatoms. The molecule has 22 heavy (non-hydrogen) atoms. The summed E-state index contributed by atoms with van der Waals surface area (Å²) in [7, 11) is 3.35. The molecule has 0 N–H and O–H groups in total. The van der Waals surface area contributed by atoms with Gasteiger partial charge in [-0.3, -0.25) is 9.97 Å². The summed E-state index contributed by atoms with van der Waals surface area (Å²) >= 11 is 0. The van der Waals surface area contributed by atoms with Gasteiger partial charge in [0.2, 0.25) is 0 Å². The zero-order valence-corrected chi connectivity index (χ0v) is 12.2. The van der Waals surface area contributed by atoms with E-state index in [9.17, 15) is 4.79 Å². The second-order valence-corrected chi connectivity index (χ2v) is 4.82. The van der Waals surface area contributed by atoms with Crippen molar-refractivity contribution in [3.63, 3.8) is 0 Å². The van der Waals surface area contributed by atoms with Gasteiger partial charge in [-0.1, -0.05) is 0 Å². The molecule has 7 nitrogen and oxygen atoms in total. The number of amides is 1. The summed E-state index contributed by atoms with van der Waals surface area (Å²) in [6.45, 7) is 0. The van der Waals surface area contributed by atoms with E-state index in [0.29, 0.717) is 11.6 Å². The van der Waals surface area contributed by atoms with Crippen LogP contribution in [-0.4, -0.2) is 49.8 Å². The molecule has 0 saturated carbocycles. The summed E-state index contributed by atoms with van der Waals surface area (Å²) in [6.07, 6.45) is 6.63. The Morgan fingerprint density at radius 1 is 0.955 bits per heavy atom. The number of nitrogens with zero attached hydrogens (tertiary/aromatic N) is 6. The number of pyridine rings is 2. The maximum atomic E-state index is 12.3. The molecule has 3 rings (SSSR count). The smallest absolute Gasteiger partial charge is 0.329 e. The van der Waals surface area contributed by atoms with E-state index in [2.05, 4.69) is 20.1 Å². The Morgan fingerprint density at radius 3 is 2.05 bits per heavy atom. The van der Waals surface area contributed by atoms with Gasteiger partial charge >= 0.3 is 6.03 Å². The van der Waals surface area contributed by atoms with Gasteiger partial charge in [0.25, 0.3) is 0 Å². The number of aromatic nitrogens is 5. The molecule has 0 aliphatic carbocycles. The van der Waals surface area contributed by atoms with Gasteiger partial charge in [0, 0.05) is 50.0 Å². The minimum Gasteiger partial charge on any atom is -0.329 e. The second kappa shape index (κ2) is 5.72. The van der Waals surface area contributed by atoms with Crippen LogP contribution in [0.5, 0.6) is 0 Å². The van der Waals surface area contributed by atoms with Crippen molar-refractivity contribution in [3.8, 4) is 22.8 Å². The first-order valence-electron chi connectivity index (χ1n) is 6.66. The molecule has 3 heterocycles. The third-order valence-corrected chi connectivity index (χ3v) is 3.05. The zero-order chi connectivity index (χ0) is 15.5. The third-order valence-electron chi connectivity index (χ3n) is 3.05. The highest BCUT2D eigenvalue weighted by Crippen LogP contribution is 2.21. The third kappa shape index (κ3) is 2.56. The van der Waals surface area contributed by atoms with Gasteiger partial charge in [0.15, 0.2) is 11.6 Å². The summed E-state index contributed by atoms with van der Waals surface area (Å²) in [4.78, 5) is 26.3. The number of carbonyl (C=O) groups is 1. The van der Waals surface area contributed by atoms with Gasteiger partial charge in [0.05, 0.1) is 0 Å². The van der Waals surface area contributed by atoms with Crippen LogP contribution in [-0.2, 0) is 0 Å². The topological polar surface area (TPSA) is 76.8 Å². The summed E-state index contributed by atoms with van der Waals surface area (Å²) in [5.74, 6) is 0.956. The predicted molar refractivity (Wildman–Crippen MR) is 81.0 cm³/mol. The van der Waals surface area contributed by atoms with E-state index < -0.39 is 0 Å². The van der Waals surface area contributed by atoms with Crippen molar-refractivity contribution in [2.24, 2.45) is 0 Å². The van der Waals surface area contributed by atoms with E-state index in [1.807, 2.05) is 0 Å². The van der Waals surface area contributed by atoms with Gasteiger partial charge < -0.3 is 4.90 Å². The van der Waals surface area contributed by atoms with Crippen molar-refractivity contribution in [1.82, 2.24) is 29.6 Å². The van der Waals surface area contributed by atoms with Gasteiger partial charge in [-0.05, 0) is 24.3 Å². The van der Waals surface area contributed by atoms with Crippen LogP contribution in [0, 0.1) is 0 Å². The van der Waals surface area contributed by atoms with Crippen molar-refractivity contribution in [2.75, 3.05) is 14.1 Å². The van der Waals surface area contributed by atoms with Gasteiger partial charge in [-0.15, -0.1) is 5.10 Å². The Kier molecular flexibility index (Phi) is 3.61. The fourth-order valence-electron chi connectivity index (χ4n) is 1.95. The van der Waals surface area contributed by atoms with Crippen LogP contribution in [0.15, 0.2) is 49.1 Å². The van der Waals surface area contributed by atoms with Crippen LogP contribution in [0.2, 0.25) is 0 Å². The normalized spacial score (nSPS) is 10.5. The largest absolute Gasteiger partial charge is 0.346 e. The molecule has 0 spiro atoms. The van der Waals surface area contributed by atoms with Crippen LogP contribution in [0.3, 0.4) is 0 Å². The molecule has 0 bridgehead atoms. The van der Waals surface area contributed by atoms with Crippen molar-refractivity contribution in [1.29, 1.82) is 0 Å². The van der Waals surface area contributed by atoms with Crippen molar-refractivity contribution >= 4 is 6.03 Å². The van der Waals surface area contributed by atoms with E-state index in [-0.39, 0.29) is 6.03 Å². The highest BCUT2D eigenvalue weighted by molar-refractivity contribution is 5.81. The Balaban J connectivity index is 2.15. The molecule has 0 aliphatic rings. The van der Waals surface area contributed by atoms with Gasteiger partial charge in [-0.25, -0.2) is 9.78 Å². The van der Waals surface area contributed by atoms with Crippen molar-refractivity contribution < 1.29 is 4.79 Å². The van der Waals surface area contributed by atoms with E-state index in [4.69, 9.17) is 0 Å². The van der Waals surface area contributed by atoms with Crippen molar-refractivity contribution in [3.05, 3.63) is 49.1 Å². The number of rotatable bonds is 2. The van der Waals surface area contributed by atoms with Crippen LogP contribution in [0.4, 0.5) is 4.79 Å². The van der Waals surface area contributed by atoms with E-state index in [1.165, 1.54) is 9.58 Å². The van der Waals surface area contributed by atoms with Crippen molar-refractivity contribution in [2.45, 2.75) is 0 Å². The molecule has 0 saturated heterocycles. The summed E-state index contributed by atoms with van der Waals surface area (Å²) in [6, 6.07) is 6.92. The van der Waals surface area contributed by atoms with Crippen LogP contribution in [0.1, 0.15) is 0 Å². The first kappa shape index (κ1) is 13.9. The van der Waals surface area contributed by atoms with Gasteiger partial charge in [0.1, 0.15) is 0 Å². The maximum Gasteiger partial charge on any atom is 0.346 e. The monoisotopic (exact) mass is 294 g/mol. The SMILES string of the molecule is CN(C)C(=O)n1nc(-c2ccncc2)nc1-c1ccncc1. The lowest BCUT2D eigenvalue weighted by atomic mass is 10.2. The van der Waals surface area contributed by atoms with Crippen LogP contribution in [0.25, 0.3) is 22.8 Å². The molecule has 0 radical (unpaired) electrons. The van der Waals surface area contributed by atoms with Crippen LogP contribution < -0.4 is 0 Å². The summed E-state index contributed by atoms with van der Waals surface area (Å²) < 4.78 is 1.30. The minimum atomic E-state index is -0.264. The lowest BCUT2D eigenvalue weighted by molar-refractivity contribution is 0.216. The highest BCUT2D eigenvalue weighted by Gasteiger charge is 2.19. The number of hydrogen-bond donors (Lipinski definition) is 0. The Morgan fingerprint density at radius 2 is 1.50 bits per heavy atom. The average molecular weight is 294 g/mol. The number of carbonyl (C=O) groups excluding carboxylic acids is 1. The van der Waals surface area contributed by atoms with E-state index in [0.717, 1.165) is 11.1 Å². The maximum absolute atomic E-state index is 12.3. The molecular formula is C15H14N6O. The van der Waals surface area contributed by atoms with Gasteiger partial charge in [-0.2, -0.15) is 4.68 Å². The predicted octanol–water partition coefficient (Wildman–Crippen LogP) is 1.93. The average Bonchev–Trinajstić information content (AvgIpc) is 3.01.